The van der Waals surface area contributed by atoms with Gasteiger partial charge in [-0.15, -0.1) is 0 Å². The Labute approximate surface area is 104 Å². The fraction of sp³-hybridized carbons (Fsp3) is 0.143. The summed E-state index contributed by atoms with van der Waals surface area (Å²) in [6, 6.07) is 11.9. The highest BCUT2D eigenvalue weighted by Gasteiger charge is 2.15. The molecule has 0 aromatic heterocycles. The molecule has 2 N–H and O–H groups in total. The Bertz CT molecular complexity index is 644. The second kappa shape index (κ2) is 4.76. The fourth-order valence-electron chi connectivity index (χ4n) is 1.75. The van der Waals surface area contributed by atoms with Crippen LogP contribution in [0.4, 0.5) is 0 Å². The zero-order valence-corrected chi connectivity index (χ0v) is 9.84. The van der Waals surface area contributed by atoms with E-state index < -0.39 is 11.9 Å². The van der Waals surface area contributed by atoms with Crippen LogP contribution in [-0.4, -0.2) is 17.1 Å². The predicted molar refractivity (Wildman–Crippen MR) is 68.2 cm³/mol. The summed E-state index contributed by atoms with van der Waals surface area (Å²) in [4.78, 5) is 11.9. The molecular formula is C14H12N2O2. The van der Waals surface area contributed by atoms with Crippen molar-refractivity contribution in [1.82, 2.24) is 5.32 Å². The van der Waals surface area contributed by atoms with Crippen molar-refractivity contribution in [2.75, 3.05) is 0 Å². The van der Waals surface area contributed by atoms with Crippen molar-refractivity contribution in [3.05, 3.63) is 42.0 Å². The molecule has 18 heavy (non-hydrogen) atoms. The summed E-state index contributed by atoms with van der Waals surface area (Å²) in [7, 11) is 0. The van der Waals surface area contributed by atoms with Gasteiger partial charge < -0.3 is 10.4 Å². The predicted octanol–water partition coefficient (Wildman–Crippen LogP) is 2.19. The van der Waals surface area contributed by atoms with Crippen LogP contribution in [0.2, 0.25) is 0 Å². The average molecular weight is 240 g/mol. The number of nitrogens with zero attached hydrogens (tertiary/aromatic N) is 1. The lowest BCUT2D eigenvalue weighted by Crippen LogP contribution is -2.31. The molecule has 1 atom stereocenters. The molecule has 0 fully saturated rings. The molecule has 4 heteroatoms. The van der Waals surface area contributed by atoms with Gasteiger partial charge in [-0.05, 0) is 18.4 Å². The summed E-state index contributed by atoms with van der Waals surface area (Å²) in [5, 5.41) is 22.7. The van der Waals surface area contributed by atoms with Gasteiger partial charge in [0.1, 0.15) is 11.8 Å². The van der Waals surface area contributed by atoms with Crippen molar-refractivity contribution < 1.29 is 9.90 Å². The Kier molecular flexibility index (Phi) is 3.16. The van der Waals surface area contributed by atoms with Gasteiger partial charge >= 0.3 is 0 Å². The van der Waals surface area contributed by atoms with E-state index in [9.17, 15) is 9.90 Å². The quantitative estimate of drug-likeness (QED) is 0.845. The van der Waals surface area contributed by atoms with Crippen molar-refractivity contribution in [2.45, 2.75) is 13.0 Å². The van der Waals surface area contributed by atoms with Gasteiger partial charge in [-0.25, -0.2) is 0 Å². The van der Waals surface area contributed by atoms with Crippen molar-refractivity contribution in [3.63, 3.8) is 0 Å². The Balaban J connectivity index is 2.44. The van der Waals surface area contributed by atoms with E-state index in [1.54, 1.807) is 31.2 Å². The number of fused-ring (bicyclic) bond motifs is 1. The topological polar surface area (TPSA) is 73.1 Å². The second-order valence-electron chi connectivity index (χ2n) is 4.01. The minimum Gasteiger partial charge on any atom is -0.506 e. The molecule has 0 saturated heterocycles. The van der Waals surface area contributed by atoms with E-state index in [4.69, 9.17) is 5.26 Å². The molecule has 4 nitrogen and oxygen atoms in total. The van der Waals surface area contributed by atoms with Gasteiger partial charge in [0.05, 0.1) is 11.6 Å². The Hall–Kier alpha value is -2.54. The Morgan fingerprint density at radius 1 is 1.33 bits per heavy atom. The second-order valence-corrected chi connectivity index (χ2v) is 4.01. The first kappa shape index (κ1) is 11.9. The van der Waals surface area contributed by atoms with Crippen molar-refractivity contribution in [2.24, 2.45) is 0 Å². The standard InChI is InChI=1S/C14H12N2O2/c1-9(8-15)16-14(18)12-7-6-10-4-2-3-5-11(10)13(12)17/h2-7,9,17H,1H3,(H,16,18). The summed E-state index contributed by atoms with van der Waals surface area (Å²) in [6.07, 6.45) is 0. The Morgan fingerprint density at radius 2 is 2.06 bits per heavy atom. The van der Waals surface area contributed by atoms with Crippen LogP contribution in [0.25, 0.3) is 10.8 Å². The number of benzene rings is 2. The summed E-state index contributed by atoms with van der Waals surface area (Å²) in [5.74, 6) is -0.511. The van der Waals surface area contributed by atoms with Crippen molar-refractivity contribution in [3.8, 4) is 11.8 Å². The lowest BCUT2D eigenvalue weighted by Gasteiger charge is -2.09. The van der Waals surface area contributed by atoms with Crippen LogP contribution in [0, 0.1) is 11.3 Å². The maximum Gasteiger partial charge on any atom is 0.256 e. The first-order chi connectivity index (χ1) is 8.63. The van der Waals surface area contributed by atoms with E-state index in [2.05, 4.69) is 5.32 Å². The molecule has 0 heterocycles. The third-order valence-corrected chi connectivity index (χ3v) is 2.69. The summed E-state index contributed by atoms with van der Waals surface area (Å²) in [5.41, 5.74) is 0.177. The molecule has 0 radical (unpaired) electrons. The first-order valence-corrected chi connectivity index (χ1v) is 5.54. The molecule has 0 spiro atoms. The van der Waals surface area contributed by atoms with Crippen LogP contribution in [-0.2, 0) is 0 Å². The van der Waals surface area contributed by atoms with E-state index in [-0.39, 0.29) is 11.3 Å². The summed E-state index contributed by atoms with van der Waals surface area (Å²) < 4.78 is 0. The number of amides is 1. The van der Waals surface area contributed by atoms with Gasteiger partial charge in [-0.2, -0.15) is 5.26 Å². The number of nitrogens with one attached hydrogen (secondary N) is 1. The van der Waals surface area contributed by atoms with Crippen molar-refractivity contribution >= 4 is 16.7 Å². The van der Waals surface area contributed by atoms with Crippen molar-refractivity contribution in [1.29, 1.82) is 5.26 Å². The molecule has 0 aliphatic heterocycles. The number of carbonyl (C=O) groups is 1. The highest BCUT2D eigenvalue weighted by Crippen LogP contribution is 2.28. The van der Waals surface area contributed by atoms with Gasteiger partial charge in [0.25, 0.3) is 5.91 Å². The largest absolute Gasteiger partial charge is 0.506 e. The van der Waals surface area contributed by atoms with Crippen LogP contribution < -0.4 is 5.32 Å². The molecule has 1 unspecified atom stereocenters. The van der Waals surface area contributed by atoms with Gasteiger partial charge in [0.15, 0.2) is 0 Å². The van der Waals surface area contributed by atoms with Gasteiger partial charge in [0, 0.05) is 5.39 Å². The molecular weight excluding hydrogens is 228 g/mol. The van der Waals surface area contributed by atoms with Gasteiger partial charge in [-0.3, -0.25) is 4.79 Å². The third kappa shape index (κ3) is 2.11. The highest BCUT2D eigenvalue weighted by molar-refractivity contribution is 6.03. The normalized spacial score (nSPS) is 11.8. The van der Waals surface area contributed by atoms with Crippen LogP contribution in [0.5, 0.6) is 5.75 Å². The number of rotatable bonds is 2. The van der Waals surface area contributed by atoms with E-state index in [0.717, 1.165) is 5.39 Å². The SMILES string of the molecule is CC(C#N)NC(=O)c1ccc2ccccc2c1O. The third-order valence-electron chi connectivity index (χ3n) is 2.69. The van der Waals surface area contributed by atoms with Crippen LogP contribution >= 0.6 is 0 Å². The highest BCUT2D eigenvalue weighted by atomic mass is 16.3. The van der Waals surface area contributed by atoms with E-state index in [1.165, 1.54) is 0 Å². The number of nitriles is 1. The zero-order valence-electron chi connectivity index (χ0n) is 9.84. The smallest absolute Gasteiger partial charge is 0.256 e. The number of aromatic hydroxyl groups is 1. The maximum absolute atomic E-state index is 11.9. The number of phenolic OH excluding ortho intramolecular Hbond substituents is 1. The number of hydrogen-bond donors (Lipinski definition) is 2. The molecule has 2 aromatic rings. The van der Waals surface area contributed by atoms with Crippen LogP contribution in [0.1, 0.15) is 17.3 Å². The molecule has 0 aliphatic carbocycles. The zero-order chi connectivity index (χ0) is 13.1. The molecule has 2 aromatic carbocycles. The maximum atomic E-state index is 11.9. The van der Waals surface area contributed by atoms with E-state index in [0.29, 0.717) is 5.39 Å². The number of hydrogen-bond acceptors (Lipinski definition) is 3. The van der Waals surface area contributed by atoms with E-state index >= 15 is 0 Å². The van der Waals surface area contributed by atoms with Crippen LogP contribution in [0.3, 0.4) is 0 Å². The average Bonchev–Trinajstić information content (AvgIpc) is 2.39. The fourth-order valence-corrected chi connectivity index (χ4v) is 1.75. The first-order valence-electron chi connectivity index (χ1n) is 5.54. The monoisotopic (exact) mass is 240 g/mol. The minimum absolute atomic E-state index is 0.0595. The Morgan fingerprint density at radius 3 is 2.78 bits per heavy atom. The summed E-state index contributed by atoms with van der Waals surface area (Å²) >= 11 is 0. The molecule has 0 aliphatic rings. The lowest BCUT2D eigenvalue weighted by molar-refractivity contribution is 0.0945. The number of carbonyl (C=O) groups excluding carboxylic acids is 1. The lowest BCUT2D eigenvalue weighted by atomic mass is 10.0. The van der Waals surface area contributed by atoms with Crippen LogP contribution in [0.15, 0.2) is 36.4 Å². The molecule has 2 rings (SSSR count). The minimum atomic E-state index is -0.594. The van der Waals surface area contributed by atoms with E-state index in [1.807, 2.05) is 18.2 Å². The number of phenols is 1. The van der Waals surface area contributed by atoms with Gasteiger partial charge in [0.2, 0.25) is 0 Å². The van der Waals surface area contributed by atoms with Gasteiger partial charge in [-0.1, -0.05) is 30.3 Å². The molecule has 0 saturated carbocycles. The molecule has 90 valence electrons. The summed E-state index contributed by atoms with van der Waals surface area (Å²) in [6.45, 7) is 1.58. The molecule has 1 amide bonds. The molecule has 0 bridgehead atoms.